The predicted octanol–water partition coefficient (Wildman–Crippen LogP) is 1.01. The average Bonchev–Trinajstić information content (AvgIpc) is 3.10. The largest absolute Gasteiger partial charge is 0.375 e. The maximum Gasteiger partial charge on any atom is 0.225 e. The Balaban J connectivity index is 1.82. The second-order valence-electron chi connectivity index (χ2n) is 5.57. The van der Waals surface area contributed by atoms with Crippen LogP contribution in [0, 0.1) is 5.92 Å². The molecule has 2 rings (SSSR count). The van der Waals surface area contributed by atoms with Gasteiger partial charge in [-0.15, -0.1) is 0 Å². The summed E-state index contributed by atoms with van der Waals surface area (Å²) in [6.45, 7) is 7.67. The monoisotopic (exact) mass is 240 g/mol. The Morgan fingerprint density at radius 3 is 2.76 bits per heavy atom. The van der Waals surface area contributed by atoms with Crippen molar-refractivity contribution in [3.63, 3.8) is 0 Å². The molecule has 0 bridgehead atoms. The van der Waals surface area contributed by atoms with Crippen molar-refractivity contribution in [2.24, 2.45) is 5.92 Å². The van der Waals surface area contributed by atoms with Gasteiger partial charge in [0.2, 0.25) is 5.91 Å². The highest BCUT2D eigenvalue weighted by atomic mass is 16.5. The van der Waals surface area contributed by atoms with Crippen molar-refractivity contribution in [2.45, 2.75) is 45.3 Å². The number of hydrogen-bond acceptors (Lipinski definition) is 3. The molecule has 0 aromatic carbocycles. The summed E-state index contributed by atoms with van der Waals surface area (Å²) < 4.78 is 5.59. The molecule has 17 heavy (non-hydrogen) atoms. The molecule has 1 N–H and O–H groups in total. The minimum Gasteiger partial charge on any atom is -0.375 e. The van der Waals surface area contributed by atoms with Crippen LogP contribution in [0.2, 0.25) is 0 Å². The lowest BCUT2D eigenvalue weighted by Crippen LogP contribution is -2.43. The van der Waals surface area contributed by atoms with E-state index < -0.39 is 0 Å². The zero-order chi connectivity index (χ0) is 12.3. The number of nitrogens with one attached hydrogen (secondary N) is 1. The number of morpholine rings is 1. The highest BCUT2D eigenvalue weighted by Crippen LogP contribution is 2.28. The maximum absolute atomic E-state index is 12.2. The van der Waals surface area contributed by atoms with Gasteiger partial charge in [0.25, 0.3) is 0 Å². The van der Waals surface area contributed by atoms with Gasteiger partial charge in [0.1, 0.15) is 0 Å². The quantitative estimate of drug-likeness (QED) is 0.780. The average molecular weight is 240 g/mol. The molecule has 0 aromatic rings. The third kappa shape index (κ3) is 3.96. The van der Waals surface area contributed by atoms with Crippen LogP contribution in [0.3, 0.4) is 0 Å². The third-order valence-corrected chi connectivity index (χ3v) is 3.28. The Labute approximate surface area is 104 Å². The molecular weight excluding hydrogens is 216 g/mol. The molecule has 0 spiro atoms. The summed E-state index contributed by atoms with van der Waals surface area (Å²) in [7, 11) is 0. The van der Waals surface area contributed by atoms with Gasteiger partial charge in [-0.1, -0.05) is 13.8 Å². The zero-order valence-electron chi connectivity index (χ0n) is 10.9. The summed E-state index contributed by atoms with van der Waals surface area (Å²) in [5.74, 6) is 0.819. The third-order valence-electron chi connectivity index (χ3n) is 3.28. The number of rotatable bonds is 5. The SMILES string of the molecule is CC(C)CN(C(=O)CC1CNCCO1)C1CC1. The van der Waals surface area contributed by atoms with E-state index in [1.165, 1.54) is 12.8 Å². The summed E-state index contributed by atoms with van der Waals surface area (Å²) >= 11 is 0. The predicted molar refractivity (Wildman–Crippen MR) is 66.8 cm³/mol. The molecule has 98 valence electrons. The lowest BCUT2D eigenvalue weighted by atomic mass is 10.1. The number of hydrogen-bond donors (Lipinski definition) is 1. The Hall–Kier alpha value is -0.610. The minimum atomic E-state index is 0.0738. The normalized spacial score (nSPS) is 25.0. The molecule has 1 aliphatic heterocycles. The van der Waals surface area contributed by atoms with Gasteiger partial charge in [-0.05, 0) is 18.8 Å². The Morgan fingerprint density at radius 2 is 2.24 bits per heavy atom. The second-order valence-corrected chi connectivity index (χ2v) is 5.57. The molecule has 2 aliphatic rings. The minimum absolute atomic E-state index is 0.0738. The molecule has 0 radical (unpaired) electrons. The number of carbonyl (C=O) groups excluding carboxylic acids is 1. The fourth-order valence-electron chi connectivity index (χ4n) is 2.30. The van der Waals surface area contributed by atoms with Gasteiger partial charge in [-0.2, -0.15) is 0 Å². The smallest absolute Gasteiger partial charge is 0.225 e. The van der Waals surface area contributed by atoms with E-state index in [1.807, 2.05) is 0 Å². The van der Waals surface area contributed by atoms with E-state index in [-0.39, 0.29) is 12.0 Å². The summed E-state index contributed by atoms with van der Waals surface area (Å²) in [6.07, 6.45) is 2.98. The first-order valence-electron chi connectivity index (χ1n) is 6.78. The van der Waals surface area contributed by atoms with Crippen molar-refractivity contribution in [3.05, 3.63) is 0 Å². The van der Waals surface area contributed by atoms with Crippen molar-refractivity contribution < 1.29 is 9.53 Å². The first kappa shape index (κ1) is 12.8. The van der Waals surface area contributed by atoms with E-state index in [0.29, 0.717) is 18.4 Å². The second kappa shape index (κ2) is 5.83. The van der Waals surface area contributed by atoms with Gasteiger partial charge in [0.15, 0.2) is 0 Å². The van der Waals surface area contributed by atoms with E-state index in [9.17, 15) is 4.79 Å². The lowest BCUT2D eigenvalue weighted by molar-refractivity contribution is -0.135. The summed E-state index contributed by atoms with van der Waals surface area (Å²) in [4.78, 5) is 14.3. The summed E-state index contributed by atoms with van der Waals surface area (Å²) in [5, 5.41) is 3.27. The van der Waals surface area contributed by atoms with Gasteiger partial charge in [-0.25, -0.2) is 0 Å². The van der Waals surface area contributed by atoms with E-state index >= 15 is 0 Å². The van der Waals surface area contributed by atoms with Crippen LogP contribution in [-0.2, 0) is 9.53 Å². The van der Waals surface area contributed by atoms with Crippen LogP contribution in [-0.4, -0.2) is 49.2 Å². The van der Waals surface area contributed by atoms with Crippen LogP contribution in [0.4, 0.5) is 0 Å². The summed E-state index contributed by atoms with van der Waals surface area (Å²) in [5.41, 5.74) is 0. The fourth-order valence-corrected chi connectivity index (χ4v) is 2.30. The summed E-state index contributed by atoms with van der Waals surface area (Å²) in [6, 6.07) is 0.515. The molecule has 4 heteroatoms. The molecule has 1 unspecified atom stereocenters. The number of nitrogens with zero attached hydrogens (tertiary/aromatic N) is 1. The zero-order valence-corrected chi connectivity index (χ0v) is 10.9. The first-order chi connectivity index (χ1) is 8.16. The van der Waals surface area contributed by atoms with Crippen LogP contribution in [0.5, 0.6) is 0 Å². The van der Waals surface area contributed by atoms with Gasteiger partial charge in [0.05, 0.1) is 19.1 Å². The van der Waals surface area contributed by atoms with Crippen LogP contribution < -0.4 is 5.32 Å². The van der Waals surface area contributed by atoms with Crippen LogP contribution >= 0.6 is 0 Å². The van der Waals surface area contributed by atoms with E-state index in [4.69, 9.17) is 4.74 Å². The Morgan fingerprint density at radius 1 is 1.47 bits per heavy atom. The van der Waals surface area contributed by atoms with Crippen molar-refractivity contribution >= 4 is 5.91 Å². The van der Waals surface area contributed by atoms with Crippen molar-refractivity contribution in [2.75, 3.05) is 26.2 Å². The Kier molecular flexibility index (Phi) is 4.40. The number of ether oxygens (including phenoxy) is 1. The maximum atomic E-state index is 12.2. The van der Waals surface area contributed by atoms with Crippen molar-refractivity contribution in [1.29, 1.82) is 0 Å². The van der Waals surface area contributed by atoms with Gasteiger partial charge in [0, 0.05) is 25.7 Å². The molecular formula is C13H24N2O2. The van der Waals surface area contributed by atoms with E-state index in [0.717, 1.165) is 26.2 Å². The van der Waals surface area contributed by atoms with Crippen molar-refractivity contribution in [3.8, 4) is 0 Å². The van der Waals surface area contributed by atoms with E-state index in [2.05, 4.69) is 24.1 Å². The molecule has 1 saturated heterocycles. The number of amides is 1. The molecule has 1 atom stereocenters. The van der Waals surface area contributed by atoms with Gasteiger partial charge >= 0.3 is 0 Å². The highest BCUT2D eigenvalue weighted by molar-refractivity contribution is 5.77. The van der Waals surface area contributed by atoms with Crippen LogP contribution in [0.25, 0.3) is 0 Å². The molecule has 1 heterocycles. The van der Waals surface area contributed by atoms with Crippen LogP contribution in [0.1, 0.15) is 33.1 Å². The van der Waals surface area contributed by atoms with Gasteiger partial charge in [-0.3, -0.25) is 4.79 Å². The standard InChI is InChI=1S/C13H24N2O2/c1-10(2)9-15(11-3-4-11)13(16)7-12-8-14-5-6-17-12/h10-12,14H,3-9H2,1-2H3. The topological polar surface area (TPSA) is 41.6 Å². The first-order valence-corrected chi connectivity index (χ1v) is 6.78. The Bertz CT molecular complexity index is 258. The molecule has 0 aromatic heterocycles. The molecule has 1 amide bonds. The lowest BCUT2D eigenvalue weighted by Gasteiger charge is -2.28. The van der Waals surface area contributed by atoms with Crippen molar-refractivity contribution in [1.82, 2.24) is 10.2 Å². The fraction of sp³-hybridized carbons (Fsp3) is 0.923. The molecule has 1 saturated carbocycles. The van der Waals surface area contributed by atoms with Gasteiger partial charge < -0.3 is 15.0 Å². The molecule has 2 fully saturated rings. The molecule has 4 nitrogen and oxygen atoms in total. The van der Waals surface area contributed by atoms with E-state index in [1.54, 1.807) is 0 Å². The molecule has 1 aliphatic carbocycles. The highest BCUT2D eigenvalue weighted by Gasteiger charge is 2.33. The van der Waals surface area contributed by atoms with Crippen LogP contribution in [0.15, 0.2) is 0 Å². The number of carbonyl (C=O) groups is 1.